The Kier molecular flexibility index (Phi) is 5.04. The number of aromatic nitrogens is 2. The predicted molar refractivity (Wildman–Crippen MR) is 86.1 cm³/mol. The van der Waals surface area contributed by atoms with Crippen LogP contribution in [-0.4, -0.2) is 28.2 Å². The van der Waals surface area contributed by atoms with E-state index >= 15 is 0 Å². The summed E-state index contributed by atoms with van der Waals surface area (Å²) in [6.45, 7) is 1.00. The molecule has 1 N–H and O–H groups in total. The van der Waals surface area contributed by atoms with E-state index in [-0.39, 0.29) is 6.04 Å². The Morgan fingerprint density at radius 2 is 2.25 bits per heavy atom. The molecule has 3 rings (SSSR count). The number of thioether (sulfide) groups is 2. The summed E-state index contributed by atoms with van der Waals surface area (Å²) in [5, 5.41) is 7.46. The highest BCUT2D eigenvalue weighted by Crippen LogP contribution is 2.25. The molecule has 0 spiro atoms. The van der Waals surface area contributed by atoms with E-state index in [1.165, 1.54) is 4.90 Å². The number of halogens is 1. The highest BCUT2D eigenvalue weighted by molar-refractivity contribution is 9.10. The summed E-state index contributed by atoms with van der Waals surface area (Å²) in [7, 11) is 0. The van der Waals surface area contributed by atoms with E-state index in [1.807, 2.05) is 23.9 Å². The molecule has 1 aromatic heterocycles. The third kappa shape index (κ3) is 3.78. The number of hydrogen-bond acceptors (Lipinski definition) is 6. The molecule has 0 aliphatic carbocycles. The molecule has 1 fully saturated rings. The molecule has 0 saturated carbocycles. The summed E-state index contributed by atoms with van der Waals surface area (Å²) in [4.78, 5) is 5.68. The van der Waals surface area contributed by atoms with Crippen molar-refractivity contribution in [3.8, 4) is 0 Å². The van der Waals surface area contributed by atoms with Crippen LogP contribution in [0.3, 0.4) is 0 Å². The molecule has 1 aliphatic rings. The lowest BCUT2D eigenvalue weighted by Gasteiger charge is -2.19. The molecule has 106 valence electrons. The van der Waals surface area contributed by atoms with E-state index in [0.29, 0.717) is 5.89 Å². The first-order chi connectivity index (χ1) is 9.81. The summed E-state index contributed by atoms with van der Waals surface area (Å²) in [5.74, 6) is 4.34. The Hall–Kier alpha value is -0.500. The smallest absolute Gasteiger partial charge is 0.244 e. The van der Waals surface area contributed by atoms with Gasteiger partial charge in [-0.25, -0.2) is 0 Å². The molecule has 7 heteroatoms. The van der Waals surface area contributed by atoms with Gasteiger partial charge in [-0.15, -0.1) is 11.8 Å². The molecule has 1 unspecified atom stereocenters. The van der Waals surface area contributed by atoms with Gasteiger partial charge in [0.2, 0.25) is 5.89 Å². The maximum absolute atomic E-state index is 5.35. The Balaban J connectivity index is 1.58. The van der Waals surface area contributed by atoms with Gasteiger partial charge in [0.15, 0.2) is 5.82 Å². The summed E-state index contributed by atoms with van der Waals surface area (Å²) in [5.41, 5.74) is 0. The highest BCUT2D eigenvalue weighted by atomic mass is 79.9. The van der Waals surface area contributed by atoms with Crippen LogP contribution in [0.4, 0.5) is 0 Å². The van der Waals surface area contributed by atoms with E-state index in [4.69, 9.17) is 4.52 Å². The summed E-state index contributed by atoms with van der Waals surface area (Å²) in [6, 6.07) is 8.43. The molecule has 0 amide bonds. The minimum absolute atomic E-state index is 0.202. The number of rotatable bonds is 4. The fourth-order valence-corrected chi connectivity index (χ4v) is 3.80. The summed E-state index contributed by atoms with van der Waals surface area (Å²) >= 11 is 7.06. The molecular formula is C13H14BrN3OS2. The second-order valence-electron chi connectivity index (χ2n) is 4.37. The SMILES string of the molecule is Brc1ccc(SCc2noc(C3CSCCN3)n2)cc1. The Morgan fingerprint density at radius 1 is 1.40 bits per heavy atom. The van der Waals surface area contributed by atoms with Crippen LogP contribution in [-0.2, 0) is 5.75 Å². The molecule has 0 bridgehead atoms. The Labute approximate surface area is 134 Å². The maximum atomic E-state index is 5.35. The monoisotopic (exact) mass is 371 g/mol. The van der Waals surface area contributed by atoms with Crippen molar-refractivity contribution in [2.75, 3.05) is 18.1 Å². The van der Waals surface area contributed by atoms with Crippen LogP contribution in [0.25, 0.3) is 0 Å². The third-order valence-electron chi connectivity index (χ3n) is 2.89. The molecular weight excluding hydrogens is 358 g/mol. The maximum Gasteiger partial charge on any atom is 0.244 e. The predicted octanol–water partition coefficient (Wildman–Crippen LogP) is 3.50. The van der Waals surface area contributed by atoms with Crippen molar-refractivity contribution in [2.45, 2.75) is 16.7 Å². The molecule has 2 heterocycles. The van der Waals surface area contributed by atoms with Crippen LogP contribution in [0.2, 0.25) is 0 Å². The van der Waals surface area contributed by atoms with Gasteiger partial charge in [0, 0.05) is 27.4 Å². The van der Waals surface area contributed by atoms with Crippen molar-refractivity contribution in [1.29, 1.82) is 0 Å². The van der Waals surface area contributed by atoms with Crippen molar-refractivity contribution in [3.05, 3.63) is 40.5 Å². The molecule has 4 nitrogen and oxygen atoms in total. The number of hydrogen-bond donors (Lipinski definition) is 1. The molecule has 20 heavy (non-hydrogen) atoms. The van der Waals surface area contributed by atoms with Gasteiger partial charge in [-0.2, -0.15) is 16.7 Å². The Bertz CT molecular complexity index is 555. The average Bonchev–Trinajstić information content (AvgIpc) is 2.97. The minimum Gasteiger partial charge on any atom is -0.338 e. The fourth-order valence-electron chi connectivity index (χ4n) is 1.87. The number of benzene rings is 1. The quantitative estimate of drug-likeness (QED) is 0.829. The topological polar surface area (TPSA) is 51.0 Å². The van der Waals surface area contributed by atoms with Gasteiger partial charge in [-0.3, -0.25) is 0 Å². The number of nitrogens with zero attached hydrogens (tertiary/aromatic N) is 2. The van der Waals surface area contributed by atoms with Gasteiger partial charge in [0.1, 0.15) is 0 Å². The van der Waals surface area contributed by atoms with Crippen LogP contribution < -0.4 is 5.32 Å². The van der Waals surface area contributed by atoms with Gasteiger partial charge in [-0.05, 0) is 24.3 Å². The van der Waals surface area contributed by atoms with Gasteiger partial charge in [-0.1, -0.05) is 21.1 Å². The standard InChI is InChI=1S/C13H14BrN3OS2/c14-9-1-3-10(4-2-9)20-8-12-16-13(18-17-12)11-7-19-6-5-15-11/h1-4,11,15H,5-8H2. The lowest BCUT2D eigenvalue weighted by atomic mass is 10.3. The van der Waals surface area contributed by atoms with Gasteiger partial charge < -0.3 is 9.84 Å². The van der Waals surface area contributed by atoms with E-state index in [2.05, 4.69) is 43.5 Å². The minimum atomic E-state index is 0.202. The van der Waals surface area contributed by atoms with Crippen LogP contribution in [0.5, 0.6) is 0 Å². The summed E-state index contributed by atoms with van der Waals surface area (Å²) < 4.78 is 6.44. The second kappa shape index (κ2) is 6.98. The second-order valence-corrected chi connectivity index (χ2v) is 7.49. The van der Waals surface area contributed by atoms with Crippen LogP contribution in [0.1, 0.15) is 17.8 Å². The van der Waals surface area contributed by atoms with Crippen molar-refractivity contribution in [1.82, 2.24) is 15.5 Å². The largest absolute Gasteiger partial charge is 0.338 e. The third-order valence-corrected chi connectivity index (χ3v) is 5.48. The van der Waals surface area contributed by atoms with E-state index in [0.717, 1.165) is 34.1 Å². The summed E-state index contributed by atoms with van der Waals surface area (Å²) in [6.07, 6.45) is 0. The zero-order valence-electron chi connectivity index (χ0n) is 10.7. The van der Waals surface area contributed by atoms with E-state index in [9.17, 15) is 0 Å². The van der Waals surface area contributed by atoms with Gasteiger partial charge >= 0.3 is 0 Å². The normalized spacial score (nSPS) is 19.1. The first-order valence-electron chi connectivity index (χ1n) is 6.33. The molecule has 1 atom stereocenters. The van der Waals surface area contributed by atoms with Crippen molar-refractivity contribution in [2.24, 2.45) is 0 Å². The first kappa shape index (κ1) is 14.4. The molecule has 1 aliphatic heterocycles. The van der Waals surface area contributed by atoms with Crippen molar-refractivity contribution < 1.29 is 4.52 Å². The van der Waals surface area contributed by atoms with Gasteiger partial charge in [0.05, 0.1) is 11.8 Å². The van der Waals surface area contributed by atoms with Crippen LogP contribution in [0, 0.1) is 0 Å². The zero-order chi connectivity index (χ0) is 13.8. The lowest BCUT2D eigenvalue weighted by molar-refractivity contribution is 0.339. The molecule has 0 radical (unpaired) electrons. The van der Waals surface area contributed by atoms with E-state index < -0.39 is 0 Å². The lowest BCUT2D eigenvalue weighted by Crippen LogP contribution is -2.30. The van der Waals surface area contributed by atoms with Crippen molar-refractivity contribution in [3.63, 3.8) is 0 Å². The number of nitrogens with one attached hydrogen (secondary N) is 1. The average molecular weight is 372 g/mol. The molecule has 2 aromatic rings. The fraction of sp³-hybridized carbons (Fsp3) is 0.385. The van der Waals surface area contributed by atoms with Gasteiger partial charge in [0.25, 0.3) is 0 Å². The van der Waals surface area contributed by atoms with E-state index in [1.54, 1.807) is 11.8 Å². The van der Waals surface area contributed by atoms with Crippen LogP contribution >= 0.6 is 39.5 Å². The molecule has 1 aromatic carbocycles. The highest BCUT2D eigenvalue weighted by Gasteiger charge is 2.21. The Morgan fingerprint density at radius 3 is 3.00 bits per heavy atom. The molecule has 1 saturated heterocycles. The zero-order valence-corrected chi connectivity index (χ0v) is 13.9. The van der Waals surface area contributed by atoms with Crippen molar-refractivity contribution >= 4 is 39.5 Å². The first-order valence-corrected chi connectivity index (χ1v) is 9.26. The van der Waals surface area contributed by atoms with Crippen LogP contribution in [0.15, 0.2) is 38.2 Å².